The highest BCUT2D eigenvalue weighted by atomic mass is 32.2. The summed E-state index contributed by atoms with van der Waals surface area (Å²) in [6.07, 6.45) is 1.13. The summed E-state index contributed by atoms with van der Waals surface area (Å²) in [7, 11) is -1.93. The maximum atomic E-state index is 12.9. The summed E-state index contributed by atoms with van der Waals surface area (Å²) in [5.41, 5.74) is 0.709. The fourth-order valence-electron chi connectivity index (χ4n) is 3.63. The Morgan fingerprint density at radius 3 is 2.68 bits per heavy atom. The lowest BCUT2D eigenvalue weighted by Crippen LogP contribution is -2.42. The zero-order valence-corrected chi connectivity index (χ0v) is 18.3. The van der Waals surface area contributed by atoms with Crippen LogP contribution in [0.3, 0.4) is 0 Å². The van der Waals surface area contributed by atoms with Crippen molar-refractivity contribution in [1.29, 1.82) is 0 Å². The number of hydrogen-bond donors (Lipinski definition) is 0. The number of nitrogens with zero attached hydrogens (tertiary/aromatic N) is 4. The van der Waals surface area contributed by atoms with Gasteiger partial charge in [-0.25, -0.2) is 8.42 Å². The lowest BCUT2D eigenvalue weighted by molar-refractivity contribution is -0.384. The van der Waals surface area contributed by atoms with Gasteiger partial charge in [0.05, 0.1) is 26.0 Å². The number of piperidine rings is 1. The standard InChI is InChI=1S/C20H20N4O5S2/c1-22-17-10-9-15(24(26)27)12-18(17)30-20(22)21-19(25)14-6-5-11-23(13-14)31(28,29)16-7-3-2-4-8-16/h2-4,7-10,12,14H,5-6,11,13H2,1H3. The molecule has 4 rings (SSSR count). The lowest BCUT2D eigenvalue weighted by atomic mass is 9.99. The van der Waals surface area contributed by atoms with Gasteiger partial charge in [0.25, 0.3) is 11.6 Å². The molecular formula is C20H20N4O5S2. The van der Waals surface area contributed by atoms with E-state index in [2.05, 4.69) is 4.99 Å². The van der Waals surface area contributed by atoms with Gasteiger partial charge >= 0.3 is 0 Å². The average molecular weight is 461 g/mol. The molecule has 1 atom stereocenters. The Hall–Kier alpha value is -2.89. The number of carbonyl (C=O) groups excluding carboxylic acids is 1. The molecule has 11 heteroatoms. The summed E-state index contributed by atoms with van der Waals surface area (Å²) in [5, 5.41) is 11.0. The smallest absolute Gasteiger partial charge is 0.270 e. The Bertz CT molecular complexity index is 1330. The van der Waals surface area contributed by atoms with Crippen LogP contribution in [0, 0.1) is 16.0 Å². The van der Waals surface area contributed by atoms with E-state index in [1.165, 1.54) is 27.8 Å². The number of hydrogen-bond acceptors (Lipinski definition) is 6. The van der Waals surface area contributed by atoms with Crippen molar-refractivity contribution in [2.24, 2.45) is 18.0 Å². The quantitative estimate of drug-likeness (QED) is 0.439. The molecule has 1 fully saturated rings. The van der Waals surface area contributed by atoms with E-state index >= 15 is 0 Å². The Morgan fingerprint density at radius 1 is 1.23 bits per heavy atom. The molecule has 1 amide bonds. The van der Waals surface area contributed by atoms with Crippen molar-refractivity contribution >= 4 is 43.2 Å². The highest BCUT2D eigenvalue weighted by Gasteiger charge is 2.33. The minimum Gasteiger partial charge on any atom is -0.319 e. The molecule has 0 spiro atoms. The molecule has 0 bridgehead atoms. The summed E-state index contributed by atoms with van der Waals surface area (Å²) in [6, 6.07) is 12.7. The fourth-order valence-corrected chi connectivity index (χ4v) is 6.23. The number of benzene rings is 2. The molecule has 1 unspecified atom stereocenters. The number of amides is 1. The number of sulfonamides is 1. The number of aryl methyl sites for hydroxylation is 1. The summed E-state index contributed by atoms with van der Waals surface area (Å²) >= 11 is 1.19. The molecule has 3 aromatic rings. The number of nitro benzene ring substituents is 1. The van der Waals surface area contributed by atoms with E-state index in [1.54, 1.807) is 48.0 Å². The van der Waals surface area contributed by atoms with Gasteiger partial charge in [0, 0.05) is 32.3 Å². The van der Waals surface area contributed by atoms with Gasteiger partial charge in [0.15, 0.2) is 4.80 Å². The molecule has 0 aliphatic carbocycles. The molecule has 0 saturated carbocycles. The lowest BCUT2D eigenvalue weighted by Gasteiger charge is -2.30. The number of nitro groups is 1. The highest BCUT2D eigenvalue weighted by molar-refractivity contribution is 7.89. The van der Waals surface area contributed by atoms with Crippen LogP contribution in [0.25, 0.3) is 10.2 Å². The molecule has 162 valence electrons. The Labute approximate surface area is 182 Å². The Balaban J connectivity index is 1.60. The van der Waals surface area contributed by atoms with Gasteiger partial charge in [-0.05, 0) is 31.0 Å². The van der Waals surface area contributed by atoms with Gasteiger partial charge in [0.2, 0.25) is 10.0 Å². The molecule has 2 heterocycles. The minimum atomic E-state index is -3.67. The molecular weight excluding hydrogens is 440 g/mol. The third-order valence-electron chi connectivity index (χ3n) is 5.32. The molecule has 9 nitrogen and oxygen atoms in total. The SMILES string of the molecule is Cn1c(=NC(=O)C2CCCN(S(=O)(=O)c3ccccc3)C2)sc2cc([N+](=O)[O-])ccc21. The van der Waals surface area contributed by atoms with Crippen LogP contribution in [0.5, 0.6) is 0 Å². The van der Waals surface area contributed by atoms with Crippen molar-refractivity contribution in [3.05, 3.63) is 63.4 Å². The van der Waals surface area contributed by atoms with Crippen LogP contribution in [0.15, 0.2) is 58.4 Å². The van der Waals surface area contributed by atoms with Crippen molar-refractivity contribution in [2.45, 2.75) is 17.7 Å². The van der Waals surface area contributed by atoms with Gasteiger partial charge in [-0.2, -0.15) is 9.30 Å². The largest absolute Gasteiger partial charge is 0.319 e. The van der Waals surface area contributed by atoms with Crippen LogP contribution in [0.2, 0.25) is 0 Å². The van der Waals surface area contributed by atoms with E-state index in [1.807, 2.05) is 0 Å². The molecule has 1 aromatic heterocycles. The first-order valence-electron chi connectivity index (χ1n) is 9.65. The zero-order valence-electron chi connectivity index (χ0n) is 16.7. The number of rotatable bonds is 4. The Morgan fingerprint density at radius 2 is 1.97 bits per heavy atom. The van der Waals surface area contributed by atoms with Crippen LogP contribution < -0.4 is 4.80 Å². The molecule has 1 aliphatic heterocycles. The van der Waals surface area contributed by atoms with Gasteiger partial charge in [-0.15, -0.1) is 0 Å². The molecule has 1 aliphatic rings. The molecule has 0 N–H and O–H groups in total. The van der Waals surface area contributed by atoms with Crippen molar-refractivity contribution in [3.63, 3.8) is 0 Å². The first-order valence-corrected chi connectivity index (χ1v) is 11.9. The summed E-state index contributed by atoms with van der Waals surface area (Å²) in [4.78, 5) is 28.3. The topological polar surface area (TPSA) is 115 Å². The number of aromatic nitrogens is 1. The van der Waals surface area contributed by atoms with Crippen molar-refractivity contribution in [1.82, 2.24) is 8.87 Å². The van der Waals surface area contributed by atoms with Crippen LogP contribution in [-0.2, 0) is 21.9 Å². The normalized spacial score (nSPS) is 18.4. The number of thiazole rings is 1. The maximum Gasteiger partial charge on any atom is 0.270 e. The van der Waals surface area contributed by atoms with Crippen LogP contribution in [0.1, 0.15) is 12.8 Å². The number of fused-ring (bicyclic) bond motifs is 1. The van der Waals surface area contributed by atoms with E-state index in [0.29, 0.717) is 28.9 Å². The molecule has 2 aromatic carbocycles. The van der Waals surface area contributed by atoms with Gasteiger partial charge in [-0.1, -0.05) is 29.5 Å². The predicted octanol–water partition coefficient (Wildman–Crippen LogP) is 2.68. The van der Waals surface area contributed by atoms with Gasteiger partial charge < -0.3 is 4.57 Å². The van der Waals surface area contributed by atoms with Crippen LogP contribution in [-0.4, -0.2) is 41.2 Å². The monoisotopic (exact) mass is 460 g/mol. The Kier molecular flexibility index (Phi) is 5.73. The molecule has 0 radical (unpaired) electrons. The number of non-ortho nitro benzene ring substituents is 1. The summed E-state index contributed by atoms with van der Waals surface area (Å²) in [6.45, 7) is 0.445. The first-order chi connectivity index (χ1) is 14.8. The molecule has 31 heavy (non-hydrogen) atoms. The second kappa shape index (κ2) is 8.33. The van der Waals surface area contributed by atoms with Gasteiger partial charge in [-0.3, -0.25) is 14.9 Å². The van der Waals surface area contributed by atoms with Crippen molar-refractivity contribution in [2.75, 3.05) is 13.1 Å². The van der Waals surface area contributed by atoms with E-state index in [4.69, 9.17) is 0 Å². The predicted molar refractivity (Wildman–Crippen MR) is 116 cm³/mol. The van der Waals surface area contributed by atoms with Gasteiger partial charge in [0.1, 0.15) is 0 Å². The van der Waals surface area contributed by atoms with Crippen LogP contribution in [0.4, 0.5) is 5.69 Å². The summed E-state index contributed by atoms with van der Waals surface area (Å²) < 4.78 is 29.5. The third-order valence-corrected chi connectivity index (χ3v) is 8.30. The van der Waals surface area contributed by atoms with E-state index in [0.717, 1.165) is 5.52 Å². The van der Waals surface area contributed by atoms with E-state index in [9.17, 15) is 23.3 Å². The molecule has 1 saturated heterocycles. The second-order valence-corrected chi connectivity index (χ2v) is 10.3. The second-order valence-electron chi connectivity index (χ2n) is 7.32. The van der Waals surface area contributed by atoms with Crippen molar-refractivity contribution < 1.29 is 18.1 Å². The average Bonchev–Trinajstić information content (AvgIpc) is 3.09. The summed E-state index contributed by atoms with van der Waals surface area (Å²) in [5.74, 6) is -0.920. The van der Waals surface area contributed by atoms with Crippen molar-refractivity contribution in [3.8, 4) is 0 Å². The first kappa shape index (κ1) is 21.3. The van der Waals surface area contributed by atoms with Crippen LogP contribution >= 0.6 is 11.3 Å². The maximum absolute atomic E-state index is 12.9. The van der Waals surface area contributed by atoms with E-state index < -0.39 is 20.9 Å². The third kappa shape index (κ3) is 4.16. The van der Waals surface area contributed by atoms with E-state index in [-0.39, 0.29) is 23.0 Å². The zero-order chi connectivity index (χ0) is 22.2. The highest BCUT2D eigenvalue weighted by Crippen LogP contribution is 2.25. The minimum absolute atomic E-state index is 0.0266. The fraction of sp³-hybridized carbons (Fsp3) is 0.300. The number of carbonyl (C=O) groups is 1.